The molecule has 0 rings (SSSR count). The average Bonchev–Trinajstić information content (AvgIpc) is 2.14. The summed E-state index contributed by atoms with van der Waals surface area (Å²) in [6.07, 6.45) is -0.0431. The highest BCUT2D eigenvalue weighted by Crippen LogP contribution is 2.02. The molecular weight excluding hydrogens is 312 g/mol. The van der Waals surface area contributed by atoms with Crippen LogP contribution >= 0.6 is 15.9 Å². The molecule has 0 aliphatic carbocycles. The van der Waals surface area contributed by atoms with Gasteiger partial charge in [0.25, 0.3) is 0 Å². The molecule has 6 nitrogen and oxygen atoms in total. The number of amides is 1. The summed E-state index contributed by atoms with van der Waals surface area (Å²) >= 11 is 3.24. The molecule has 1 amide bonds. The zero-order chi connectivity index (χ0) is 13.5. The quantitative estimate of drug-likeness (QED) is 0.693. The van der Waals surface area contributed by atoms with Crippen molar-refractivity contribution in [3.63, 3.8) is 0 Å². The molecule has 1 atom stereocenters. The predicted octanol–water partition coefficient (Wildman–Crippen LogP) is 1.52. The van der Waals surface area contributed by atoms with Gasteiger partial charge in [0.1, 0.15) is 0 Å². The van der Waals surface area contributed by atoms with Crippen LogP contribution in [-0.4, -0.2) is 32.0 Å². The van der Waals surface area contributed by atoms with E-state index >= 15 is 0 Å². The Labute approximate surface area is 111 Å². The third-order valence-electron chi connectivity index (χ3n) is 1.83. The standard InChI is InChI=1S/C9H19BrN2O4S/c1-4-8(5-6-10)11-17(14,15)12-9(13)16-7(2)3/h7-8,11H,4-6H2,1-3H3,(H,12,13). The summed E-state index contributed by atoms with van der Waals surface area (Å²) in [6, 6.07) is -0.210. The van der Waals surface area contributed by atoms with Crippen LogP contribution in [0, 0.1) is 0 Å². The average molecular weight is 331 g/mol. The fourth-order valence-corrected chi connectivity index (χ4v) is 2.68. The van der Waals surface area contributed by atoms with E-state index in [0.29, 0.717) is 18.2 Å². The highest BCUT2D eigenvalue weighted by atomic mass is 79.9. The molecule has 0 aromatic carbocycles. The largest absolute Gasteiger partial charge is 0.446 e. The normalized spacial score (nSPS) is 13.5. The molecule has 0 fully saturated rings. The van der Waals surface area contributed by atoms with E-state index in [2.05, 4.69) is 25.4 Å². The van der Waals surface area contributed by atoms with Crippen LogP contribution in [0.3, 0.4) is 0 Å². The second-order valence-corrected chi connectivity index (χ2v) is 6.00. The fourth-order valence-electron chi connectivity index (χ4n) is 1.07. The summed E-state index contributed by atoms with van der Waals surface area (Å²) in [7, 11) is -3.86. The summed E-state index contributed by atoms with van der Waals surface area (Å²) in [5, 5.41) is 0.685. The third-order valence-corrected chi connectivity index (χ3v) is 3.37. The number of halogens is 1. The second-order valence-electron chi connectivity index (χ2n) is 3.76. The number of alkyl halides is 1. The van der Waals surface area contributed by atoms with E-state index in [9.17, 15) is 13.2 Å². The first-order valence-electron chi connectivity index (χ1n) is 5.37. The van der Waals surface area contributed by atoms with Gasteiger partial charge in [-0.3, -0.25) is 0 Å². The smallest absolute Gasteiger partial charge is 0.422 e. The molecule has 0 heterocycles. The lowest BCUT2D eigenvalue weighted by Crippen LogP contribution is -2.45. The van der Waals surface area contributed by atoms with Gasteiger partial charge < -0.3 is 4.74 Å². The first kappa shape index (κ1) is 16.7. The van der Waals surface area contributed by atoms with Crippen molar-refractivity contribution in [2.75, 3.05) is 5.33 Å². The maximum absolute atomic E-state index is 11.5. The van der Waals surface area contributed by atoms with E-state index in [4.69, 9.17) is 0 Å². The Morgan fingerprint density at radius 2 is 2.00 bits per heavy atom. The summed E-state index contributed by atoms with van der Waals surface area (Å²) in [5.74, 6) is 0. The van der Waals surface area contributed by atoms with Crippen molar-refractivity contribution in [2.24, 2.45) is 0 Å². The van der Waals surface area contributed by atoms with E-state index in [-0.39, 0.29) is 12.1 Å². The van der Waals surface area contributed by atoms with Crippen molar-refractivity contribution in [3.8, 4) is 0 Å². The van der Waals surface area contributed by atoms with E-state index in [0.717, 1.165) is 0 Å². The minimum atomic E-state index is -3.86. The molecule has 0 aliphatic heterocycles. The van der Waals surface area contributed by atoms with Gasteiger partial charge in [-0.1, -0.05) is 22.9 Å². The zero-order valence-corrected chi connectivity index (χ0v) is 12.6. The van der Waals surface area contributed by atoms with E-state index in [1.807, 2.05) is 6.92 Å². The number of rotatable bonds is 7. The molecule has 0 spiro atoms. The van der Waals surface area contributed by atoms with Crippen molar-refractivity contribution < 1.29 is 17.9 Å². The van der Waals surface area contributed by atoms with Crippen molar-refractivity contribution in [2.45, 2.75) is 45.8 Å². The Morgan fingerprint density at radius 3 is 2.41 bits per heavy atom. The van der Waals surface area contributed by atoms with E-state index < -0.39 is 16.3 Å². The molecule has 2 N–H and O–H groups in total. The van der Waals surface area contributed by atoms with Crippen LogP contribution in [0.4, 0.5) is 4.79 Å². The first-order valence-corrected chi connectivity index (χ1v) is 7.97. The van der Waals surface area contributed by atoms with Crippen LogP contribution < -0.4 is 9.44 Å². The molecule has 0 aliphatic rings. The minimum Gasteiger partial charge on any atom is -0.446 e. The van der Waals surface area contributed by atoms with Crippen molar-refractivity contribution in [1.82, 2.24) is 9.44 Å². The molecule has 17 heavy (non-hydrogen) atoms. The van der Waals surface area contributed by atoms with Gasteiger partial charge in [0, 0.05) is 11.4 Å². The Hall–Kier alpha value is -0.340. The van der Waals surface area contributed by atoms with E-state index in [1.165, 1.54) is 0 Å². The maximum Gasteiger partial charge on any atom is 0.422 e. The van der Waals surface area contributed by atoms with Crippen LogP contribution in [0.2, 0.25) is 0 Å². The SMILES string of the molecule is CCC(CCBr)NS(=O)(=O)NC(=O)OC(C)C. The summed E-state index contributed by atoms with van der Waals surface area (Å²) in [6.45, 7) is 5.14. The molecular formula is C9H19BrN2O4S. The van der Waals surface area contributed by atoms with Gasteiger partial charge in [0.15, 0.2) is 0 Å². The molecule has 0 saturated carbocycles. The molecule has 0 aromatic heterocycles. The predicted molar refractivity (Wildman–Crippen MR) is 69.3 cm³/mol. The number of nitrogens with one attached hydrogen (secondary N) is 2. The topological polar surface area (TPSA) is 84.5 Å². The van der Waals surface area contributed by atoms with E-state index in [1.54, 1.807) is 18.6 Å². The second kappa shape index (κ2) is 7.88. The van der Waals surface area contributed by atoms with Crippen LogP contribution in [0.15, 0.2) is 0 Å². The van der Waals surface area contributed by atoms with Gasteiger partial charge in [-0.15, -0.1) is 0 Å². The monoisotopic (exact) mass is 330 g/mol. The van der Waals surface area contributed by atoms with Gasteiger partial charge in [0.05, 0.1) is 6.10 Å². The third kappa shape index (κ3) is 8.39. The molecule has 102 valence electrons. The van der Waals surface area contributed by atoms with Gasteiger partial charge in [-0.25, -0.2) is 9.52 Å². The molecule has 0 saturated heterocycles. The number of hydrogen-bond acceptors (Lipinski definition) is 4. The van der Waals surface area contributed by atoms with Crippen LogP contribution in [-0.2, 0) is 14.9 Å². The Morgan fingerprint density at radius 1 is 1.41 bits per heavy atom. The van der Waals surface area contributed by atoms with Gasteiger partial charge in [-0.05, 0) is 26.7 Å². The summed E-state index contributed by atoms with van der Waals surface area (Å²) in [5.41, 5.74) is 0. The highest BCUT2D eigenvalue weighted by Gasteiger charge is 2.19. The Bertz CT molecular complexity index is 332. The van der Waals surface area contributed by atoms with Crippen molar-refractivity contribution >= 4 is 32.2 Å². The van der Waals surface area contributed by atoms with Crippen LogP contribution in [0.5, 0.6) is 0 Å². The maximum atomic E-state index is 11.5. The van der Waals surface area contributed by atoms with Crippen molar-refractivity contribution in [3.05, 3.63) is 0 Å². The van der Waals surface area contributed by atoms with Crippen molar-refractivity contribution in [1.29, 1.82) is 0 Å². The lowest BCUT2D eigenvalue weighted by molar-refractivity contribution is 0.121. The lowest BCUT2D eigenvalue weighted by atomic mass is 10.2. The summed E-state index contributed by atoms with van der Waals surface area (Å²) in [4.78, 5) is 11.1. The number of carbonyl (C=O) groups excluding carboxylic acids is 1. The first-order chi connectivity index (χ1) is 7.80. The van der Waals surface area contributed by atoms with Crippen LogP contribution in [0.1, 0.15) is 33.6 Å². The molecule has 1 unspecified atom stereocenters. The zero-order valence-electron chi connectivity index (χ0n) is 10.2. The van der Waals surface area contributed by atoms with Gasteiger partial charge in [0.2, 0.25) is 0 Å². The van der Waals surface area contributed by atoms with Crippen LogP contribution in [0.25, 0.3) is 0 Å². The summed E-state index contributed by atoms with van der Waals surface area (Å²) < 4.78 is 31.9. The number of hydrogen-bond donors (Lipinski definition) is 2. The molecule has 0 bridgehead atoms. The number of carbonyl (C=O) groups is 1. The molecule has 0 aromatic rings. The van der Waals surface area contributed by atoms with Gasteiger partial charge >= 0.3 is 16.3 Å². The number of ether oxygens (including phenoxy) is 1. The molecule has 8 heteroatoms. The van der Waals surface area contributed by atoms with Gasteiger partial charge in [-0.2, -0.15) is 13.1 Å². The fraction of sp³-hybridized carbons (Fsp3) is 0.889. The lowest BCUT2D eigenvalue weighted by Gasteiger charge is -2.16. The Balaban J connectivity index is 4.32. The highest BCUT2D eigenvalue weighted by molar-refractivity contribution is 9.09. The minimum absolute atomic E-state index is 0.210. The molecule has 0 radical (unpaired) electrons. The Kier molecular flexibility index (Phi) is 7.73.